The Morgan fingerprint density at radius 3 is 2.70 bits per heavy atom. The highest BCUT2D eigenvalue weighted by atomic mass is 16.6. The molecule has 0 aliphatic heterocycles. The normalized spacial score (nSPS) is 11.9. The minimum atomic E-state index is -0.874. The highest BCUT2D eigenvalue weighted by Crippen LogP contribution is 2.20. The molecule has 2 N–H and O–H groups in total. The third kappa shape index (κ3) is 5.41. The van der Waals surface area contributed by atoms with Crippen LogP contribution in [0.2, 0.25) is 0 Å². The molecule has 1 heterocycles. The lowest BCUT2D eigenvalue weighted by molar-refractivity contribution is -0.402. The van der Waals surface area contributed by atoms with Crippen molar-refractivity contribution < 1.29 is 23.7 Å². The van der Waals surface area contributed by atoms with Gasteiger partial charge in [0.2, 0.25) is 0 Å². The van der Waals surface area contributed by atoms with Crippen LogP contribution in [-0.2, 0) is 9.59 Å². The SMILES string of the molecule is CC(NC(=O)COc1ccc2ccccc2c1)C(=O)NN=Cc1ccc([N+](=O)[O-])o1. The summed E-state index contributed by atoms with van der Waals surface area (Å²) in [5, 5.41) is 18.7. The zero-order valence-electron chi connectivity index (χ0n) is 15.9. The van der Waals surface area contributed by atoms with Gasteiger partial charge in [-0.3, -0.25) is 19.7 Å². The van der Waals surface area contributed by atoms with Crippen LogP contribution < -0.4 is 15.5 Å². The number of ether oxygens (including phenoxy) is 1. The van der Waals surface area contributed by atoms with Crippen LogP contribution in [0.3, 0.4) is 0 Å². The quantitative estimate of drug-likeness (QED) is 0.332. The molecule has 10 nitrogen and oxygen atoms in total. The van der Waals surface area contributed by atoms with E-state index in [2.05, 4.69) is 15.8 Å². The van der Waals surface area contributed by atoms with E-state index in [1.165, 1.54) is 19.1 Å². The molecule has 0 aliphatic rings. The maximum atomic E-state index is 12.0. The Morgan fingerprint density at radius 2 is 1.97 bits per heavy atom. The molecule has 10 heteroatoms. The van der Waals surface area contributed by atoms with Crippen molar-refractivity contribution in [1.82, 2.24) is 10.7 Å². The first kappa shape index (κ1) is 20.5. The molecule has 3 aromatic rings. The molecule has 0 aliphatic carbocycles. The predicted octanol–water partition coefficient (Wildman–Crippen LogP) is 2.37. The Morgan fingerprint density at radius 1 is 1.20 bits per heavy atom. The number of amides is 2. The van der Waals surface area contributed by atoms with Crippen molar-refractivity contribution in [2.45, 2.75) is 13.0 Å². The molecule has 154 valence electrons. The van der Waals surface area contributed by atoms with Crippen LogP contribution in [0, 0.1) is 10.1 Å². The van der Waals surface area contributed by atoms with Gasteiger partial charge in [0.05, 0.1) is 12.3 Å². The third-order valence-corrected chi connectivity index (χ3v) is 4.02. The topological polar surface area (TPSA) is 136 Å². The number of carbonyl (C=O) groups excluding carboxylic acids is 2. The van der Waals surface area contributed by atoms with Crippen LogP contribution in [0.25, 0.3) is 10.8 Å². The second-order valence-electron chi connectivity index (χ2n) is 6.25. The van der Waals surface area contributed by atoms with E-state index in [1.54, 1.807) is 6.07 Å². The summed E-state index contributed by atoms with van der Waals surface area (Å²) in [5.41, 5.74) is 2.21. The van der Waals surface area contributed by atoms with Crippen molar-refractivity contribution >= 4 is 34.7 Å². The van der Waals surface area contributed by atoms with E-state index in [4.69, 9.17) is 9.15 Å². The van der Waals surface area contributed by atoms with Crippen LogP contribution in [0.5, 0.6) is 5.75 Å². The van der Waals surface area contributed by atoms with Crippen LogP contribution in [-0.4, -0.2) is 35.6 Å². The molecule has 1 atom stereocenters. The minimum Gasteiger partial charge on any atom is -0.484 e. The minimum absolute atomic E-state index is 0.0995. The molecule has 0 fully saturated rings. The Bertz CT molecular complexity index is 1110. The fourth-order valence-electron chi connectivity index (χ4n) is 2.52. The average molecular weight is 410 g/mol. The summed E-state index contributed by atoms with van der Waals surface area (Å²) in [6.07, 6.45) is 1.11. The fraction of sp³-hybridized carbons (Fsp3) is 0.150. The van der Waals surface area contributed by atoms with Crippen LogP contribution >= 0.6 is 0 Å². The van der Waals surface area contributed by atoms with Gasteiger partial charge in [0.25, 0.3) is 11.8 Å². The maximum absolute atomic E-state index is 12.0. The summed E-state index contributed by atoms with van der Waals surface area (Å²) in [6.45, 7) is 1.23. The first-order valence-electron chi connectivity index (χ1n) is 8.90. The van der Waals surface area contributed by atoms with Crippen molar-refractivity contribution in [2.24, 2.45) is 5.10 Å². The van der Waals surface area contributed by atoms with Crippen LogP contribution in [0.15, 0.2) is 64.1 Å². The van der Waals surface area contributed by atoms with E-state index in [9.17, 15) is 19.7 Å². The molecule has 2 amide bonds. The summed E-state index contributed by atoms with van der Waals surface area (Å²) < 4.78 is 10.3. The first-order valence-corrected chi connectivity index (χ1v) is 8.90. The Labute approximate surface area is 170 Å². The van der Waals surface area contributed by atoms with E-state index in [1.807, 2.05) is 36.4 Å². The summed E-state index contributed by atoms with van der Waals surface area (Å²) in [6, 6.07) is 14.9. The second kappa shape index (κ2) is 9.32. The van der Waals surface area contributed by atoms with Crippen molar-refractivity contribution in [1.29, 1.82) is 0 Å². The van der Waals surface area contributed by atoms with Crippen molar-refractivity contribution in [3.05, 3.63) is 70.5 Å². The molecule has 0 saturated carbocycles. The molecular weight excluding hydrogens is 392 g/mol. The number of nitro groups is 1. The van der Waals surface area contributed by atoms with Crippen LogP contribution in [0.1, 0.15) is 12.7 Å². The molecule has 0 radical (unpaired) electrons. The van der Waals surface area contributed by atoms with Gasteiger partial charge in [0, 0.05) is 0 Å². The average Bonchev–Trinajstić information content (AvgIpc) is 3.21. The molecule has 3 rings (SSSR count). The van der Waals surface area contributed by atoms with Crippen molar-refractivity contribution in [3.63, 3.8) is 0 Å². The van der Waals surface area contributed by atoms with Gasteiger partial charge < -0.3 is 14.5 Å². The number of carbonyl (C=O) groups is 2. The van der Waals surface area contributed by atoms with Crippen LogP contribution in [0.4, 0.5) is 5.88 Å². The zero-order chi connectivity index (χ0) is 21.5. The molecule has 0 saturated heterocycles. The summed E-state index contributed by atoms with van der Waals surface area (Å²) in [4.78, 5) is 33.9. The van der Waals surface area contributed by atoms with Gasteiger partial charge in [-0.2, -0.15) is 5.10 Å². The maximum Gasteiger partial charge on any atom is 0.433 e. The third-order valence-electron chi connectivity index (χ3n) is 4.02. The summed E-state index contributed by atoms with van der Waals surface area (Å²) >= 11 is 0. The van der Waals surface area contributed by atoms with E-state index in [-0.39, 0.29) is 12.4 Å². The van der Waals surface area contributed by atoms with Gasteiger partial charge in [-0.1, -0.05) is 30.3 Å². The van der Waals surface area contributed by atoms with E-state index < -0.39 is 28.7 Å². The fourth-order valence-corrected chi connectivity index (χ4v) is 2.52. The Kier molecular flexibility index (Phi) is 6.38. The molecule has 0 spiro atoms. The number of nitrogens with zero attached hydrogens (tertiary/aromatic N) is 2. The van der Waals surface area contributed by atoms with E-state index >= 15 is 0 Å². The monoisotopic (exact) mass is 410 g/mol. The lowest BCUT2D eigenvalue weighted by Crippen LogP contribution is -2.45. The Balaban J connectivity index is 1.44. The number of benzene rings is 2. The lowest BCUT2D eigenvalue weighted by atomic mass is 10.1. The van der Waals surface area contributed by atoms with Gasteiger partial charge in [-0.05, 0) is 35.9 Å². The van der Waals surface area contributed by atoms with E-state index in [0.717, 1.165) is 17.0 Å². The number of nitrogens with one attached hydrogen (secondary N) is 2. The summed E-state index contributed by atoms with van der Waals surface area (Å²) in [7, 11) is 0. The number of hydrazone groups is 1. The largest absolute Gasteiger partial charge is 0.484 e. The second-order valence-corrected chi connectivity index (χ2v) is 6.25. The predicted molar refractivity (Wildman–Crippen MR) is 108 cm³/mol. The summed E-state index contributed by atoms with van der Waals surface area (Å²) in [5.74, 6) is -0.849. The van der Waals surface area contributed by atoms with Gasteiger partial charge >= 0.3 is 5.88 Å². The number of hydrogen-bond acceptors (Lipinski definition) is 7. The number of fused-ring (bicyclic) bond motifs is 1. The molecule has 1 aromatic heterocycles. The molecule has 30 heavy (non-hydrogen) atoms. The number of furan rings is 1. The van der Waals surface area contributed by atoms with Crippen molar-refractivity contribution in [3.8, 4) is 5.75 Å². The number of rotatable bonds is 8. The Hall–Kier alpha value is -4.21. The number of hydrogen-bond donors (Lipinski definition) is 2. The lowest BCUT2D eigenvalue weighted by Gasteiger charge is -2.13. The van der Waals surface area contributed by atoms with Gasteiger partial charge in [-0.15, -0.1) is 0 Å². The van der Waals surface area contributed by atoms with Gasteiger partial charge in [0.1, 0.15) is 16.7 Å². The standard InChI is InChI=1S/C20H18N4O6/c1-13(20(26)23-21-11-17-8-9-19(30-17)24(27)28)22-18(25)12-29-16-7-6-14-4-2-3-5-15(14)10-16/h2-11,13H,12H2,1H3,(H,22,25)(H,23,26). The van der Waals surface area contributed by atoms with Gasteiger partial charge in [0.15, 0.2) is 12.4 Å². The van der Waals surface area contributed by atoms with Gasteiger partial charge in [-0.25, -0.2) is 5.43 Å². The van der Waals surface area contributed by atoms with Crippen molar-refractivity contribution in [2.75, 3.05) is 6.61 Å². The highest BCUT2D eigenvalue weighted by Gasteiger charge is 2.16. The zero-order valence-corrected chi connectivity index (χ0v) is 15.9. The highest BCUT2D eigenvalue weighted by molar-refractivity contribution is 5.88. The molecule has 1 unspecified atom stereocenters. The molecular formula is C20H18N4O6. The molecule has 0 bridgehead atoms. The first-order chi connectivity index (χ1) is 14.4. The molecule has 2 aromatic carbocycles. The van der Waals surface area contributed by atoms with E-state index in [0.29, 0.717) is 5.75 Å². The smallest absolute Gasteiger partial charge is 0.433 e.